The van der Waals surface area contributed by atoms with Gasteiger partial charge in [-0.05, 0) is 30.6 Å². The summed E-state index contributed by atoms with van der Waals surface area (Å²) < 4.78 is 0. The van der Waals surface area contributed by atoms with Gasteiger partial charge in [-0.25, -0.2) is 0 Å². The number of aliphatic hydroxyl groups is 2. The molecular weight excluding hydrogens is 188 g/mol. The van der Waals surface area contributed by atoms with E-state index in [0.29, 0.717) is 12.3 Å². The lowest BCUT2D eigenvalue weighted by Crippen LogP contribution is -2.60. The number of rotatable bonds is 1. The molecule has 2 aliphatic carbocycles. The third kappa shape index (κ3) is 1.12. The molecule has 2 nitrogen and oxygen atoms in total. The maximum absolute atomic E-state index is 10.4. The molecule has 86 valence electrons. The Hall–Kier alpha value is -0.340. The van der Waals surface area contributed by atoms with Crippen LogP contribution in [0.25, 0.3) is 0 Å². The second-order valence-electron chi connectivity index (χ2n) is 6.18. The van der Waals surface area contributed by atoms with Crippen LogP contribution < -0.4 is 0 Å². The SMILES string of the molecule is C=C[C@]1(O)C[C@H]2CC[C@@](C)([C@H]1O)C2(C)C. The average Bonchev–Trinajstić information content (AvgIpc) is 2.33. The van der Waals surface area contributed by atoms with E-state index >= 15 is 0 Å². The molecule has 15 heavy (non-hydrogen) atoms. The molecule has 2 rings (SSSR count). The van der Waals surface area contributed by atoms with Crippen molar-refractivity contribution in [3.8, 4) is 0 Å². The standard InChI is InChI=1S/C13H22O2/c1-5-13(15)8-9-6-7-12(4,10(13)14)11(9,2)3/h5,9-10,14-15H,1,6-8H2,2-4H3/t9-,10-,12+,13+/m1/s1. The topological polar surface area (TPSA) is 40.5 Å². The minimum Gasteiger partial charge on any atom is -0.389 e. The van der Waals surface area contributed by atoms with Gasteiger partial charge >= 0.3 is 0 Å². The van der Waals surface area contributed by atoms with Crippen molar-refractivity contribution >= 4 is 0 Å². The van der Waals surface area contributed by atoms with Gasteiger partial charge in [-0.15, -0.1) is 6.58 Å². The van der Waals surface area contributed by atoms with Gasteiger partial charge in [0.05, 0.1) is 6.10 Å². The fraction of sp³-hybridized carbons (Fsp3) is 0.846. The van der Waals surface area contributed by atoms with Crippen molar-refractivity contribution in [2.24, 2.45) is 16.7 Å². The van der Waals surface area contributed by atoms with Gasteiger partial charge in [-0.3, -0.25) is 0 Å². The summed E-state index contributed by atoms with van der Waals surface area (Å²) in [5, 5.41) is 20.7. The summed E-state index contributed by atoms with van der Waals surface area (Å²) in [7, 11) is 0. The van der Waals surface area contributed by atoms with Crippen molar-refractivity contribution in [1.82, 2.24) is 0 Å². The molecule has 0 aromatic carbocycles. The molecule has 0 heterocycles. The van der Waals surface area contributed by atoms with Crippen molar-refractivity contribution in [1.29, 1.82) is 0 Å². The third-order valence-electron chi connectivity index (χ3n) is 5.51. The first kappa shape index (κ1) is 11.2. The molecule has 0 aromatic rings. The molecule has 4 atom stereocenters. The Kier molecular flexibility index (Phi) is 2.13. The summed E-state index contributed by atoms with van der Waals surface area (Å²) in [5.74, 6) is 0.494. The number of hydrogen-bond donors (Lipinski definition) is 2. The fourth-order valence-corrected chi connectivity index (χ4v) is 3.72. The van der Waals surface area contributed by atoms with Crippen LogP contribution in [0.2, 0.25) is 0 Å². The fourth-order valence-electron chi connectivity index (χ4n) is 3.72. The van der Waals surface area contributed by atoms with E-state index in [4.69, 9.17) is 0 Å². The van der Waals surface area contributed by atoms with E-state index in [1.165, 1.54) is 6.08 Å². The maximum Gasteiger partial charge on any atom is 0.109 e. The molecule has 0 unspecified atom stereocenters. The normalized spacial score (nSPS) is 52.9. The zero-order valence-electron chi connectivity index (χ0n) is 9.95. The average molecular weight is 210 g/mol. The van der Waals surface area contributed by atoms with Gasteiger partial charge < -0.3 is 10.2 Å². The Labute approximate surface area is 92.0 Å². The van der Waals surface area contributed by atoms with Crippen LogP contribution >= 0.6 is 0 Å². The lowest BCUT2D eigenvalue weighted by Gasteiger charge is -2.55. The van der Waals surface area contributed by atoms with E-state index in [0.717, 1.165) is 12.8 Å². The van der Waals surface area contributed by atoms with Gasteiger partial charge in [-0.1, -0.05) is 26.8 Å². The van der Waals surface area contributed by atoms with E-state index in [9.17, 15) is 10.2 Å². The van der Waals surface area contributed by atoms with E-state index in [-0.39, 0.29) is 10.8 Å². The van der Waals surface area contributed by atoms with Crippen molar-refractivity contribution in [3.63, 3.8) is 0 Å². The van der Waals surface area contributed by atoms with Crippen LogP contribution in [-0.2, 0) is 0 Å². The van der Waals surface area contributed by atoms with Gasteiger partial charge in [0, 0.05) is 5.41 Å². The molecule has 2 heteroatoms. The summed E-state index contributed by atoms with van der Waals surface area (Å²) in [6.45, 7) is 10.2. The molecule has 0 spiro atoms. The lowest BCUT2D eigenvalue weighted by atomic mass is 9.53. The van der Waals surface area contributed by atoms with Crippen molar-refractivity contribution in [2.45, 2.75) is 51.7 Å². The summed E-state index contributed by atoms with van der Waals surface area (Å²) >= 11 is 0. The van der Waals surface area contributed by atoms with Crippen LogP contribution in [0.5, 0.6) is 0 Å². The maximum atomic E-state index is 10.4. The quantitative estimate of drug-likeness (QED) is 0.651. The summed E-state index contributed by atoms with van der Waals surface area (Å²) in [6, 6.07) is 0. The van der Waals surface area contributed by atoms with Crippen molar-refractivity contribution in [2.75, 3.05) is 0 Å². The van der Waals surface area contributed by atoms with Crippen LogP contribution in [0.1, 0.15) is 40.0 Å². The minimum atomic E-state index is -1.08. The number of hydrogen-bond acceptors (Lipinski definition) is 2. The molecule has 2 aliphatic rings. The molecule has 0 radical (unpaired) electrons. The first-order valence-corrected chi connectivity index (χ1v) is 5.82. The zero-order valence-corrected chi connectivity index (χ0v) is 9.95. The first-order chi connectivity index (χ1) is 6.78. The van der Waals surface area contributed by atoms with E-state index < -0.39 is 11.7 Å². The smallest absolute Gasteiger partial charge is 0.109 e. The molecule has 0 amide bonds. The van der Waals surface area contributed by atoms with Crippen LogP contribution in [0.3, 0.4) is 0 Å². The van der Waals surface area contributed by atoms with Gasteiger partial charge in [0.2, 0.25) is 0 Å². The first-order valence-electron chi connectivity index (χ1n) is 5.82. The second-order valence-corrected chi connectivity index (χ2v) is 6.18. The zero-order chi connectivity index (χ0) is 11.5. The Bertz CT molecular complexity index is 297. The second kappa shape index (κ2) is 2.86. The van der Waals surface area contributed by atoms with Crippen LogP contribution in [0.15, 0.2) is 12.7 Å². The highest BCUT2D eigenvalue weighted by Gasteiger charge is 2.64. The summed E-state index contributed by atoms with van der Waals surface area (Å²) in [6.07, 6.45) is 3.61. The summed E-state index contributed by atoms with van der Waals surface area (Å²) in [4.78, 5) is 0. The van der Waals surface area contributed by atoms with Crippen LogP contribution in [0, 0.1) is 16.7 Å². The van der Waals surface area contributed by atoms with E-state index in [2.05, 4.69) is 27.4 Å². The third-order valence-corrected chi connectivity index (χ3v) is 5.51. The number of aliphatic hydroxyl groups excluding tert-OH is 1. The molecule has 2 saturated carbocycles. The predicted octanol–water partition coefficient (Wildman–Crippen LogP) is 2.11. The van der Waals surface area contributed by atoms with Crippen molar-refractivity contribution in [3.05, 3.63) is 12.7 Å². The molecule has 0 saturated heterocycles. The largest absolute Gasteiger partial charge is 0.389 e. The monoisotopic (exact) mass is 210 g/mol. The van der Waals surface area contributed by atoms with E-state index in [1.807, 2.05) is 0 Å². The van der Waals surface area contributed by atoms with Crippen LogP contribution in [0.4, 0.5) is 0 Å². The molecule has 2 fully saturated rings. The highest BCUT2D eigenvalue weighted by molar-refractivity contribution is 5.19. The van der Waals surface area contributed by atoms with Crippen molar-refractivity contribution < 1.29 is 10.2 Å². The van der Waals surface area contributed by atoms with Gasteiger partial charge in [0.25, 0.3) is 0 Å². The van der Waals surface area contributed by atoms with Gasteiger partial charge in [0.15, 0.2) is 0 Å². The van der Waals surface area contributed by atoms with Crippen LogP contribution in [-0.4, -0.2) is 21.9 Å². The Morgan fingerprint density at radius 1 is 1.33 bits per heavy atom. The molecule has 2 N–H and O–H groups in total. The minimum absolute atomic E-state index is 0.113. The Balaban J connectivity index is 2.46. The highest BCUT2D eigenvalue weighted by atomic mass is 16.3. The van der Waals surface area contributed by atoms with Gasteiger partial charge in [0.1, 0.15) is 5.60 Å². The Morgan fingerprint density at radius 3 is 2.47 bits per heavy atom. The predicted molar refractivity (Wildman–Crippen MR) is 60.4 cm³/mol. The van der Waals surface area contributed by atoms with E-state index in [1.54, 1.807) is 0 Å². The molecule has 0 aliphatic heterocycles. The van der Waals surface area contributed by atoms with Gasteiger partial charge in [-0.2, -0.15) is 0 Å². The molecule has 0 aromatic heterocycles. The highest BCUT2D eigenvalue weighted by Crippen LogP contribution is 2.65. The number of fused-ring (bicyclic) bond motifs is 2. The molecular formula is C13H22O2. The Morgan fingerprint density at radius 2 is 1.93 bits per heavy atom. The lowest BCUT2D eigenvalue weighted by molar-refractivity contribution is -0.178. The molecule has 2 bridgehead atoms. The summed E-state index contributed by atoms with van der Waals surface area (Å²) in [5.41, 5.74) is -1.15.